The second-order valence-corrected chi connectivity index (χ2v) is 7.39. The van der Waals surface area contributed by atoms with Crippen molar-refractivity contribution in [2.75, 3.05) is 12.8 Å². The predicted molar refractivity (Wildman–Crippen MR) is 97.6 cm³/mol. The van der Waals surface area contributed by atoms with Gasteiger partial charge < -0.3 is 4.98 Å². The Bertz CT molecular complexity index is 861. The Morgan fingerprint density at radius 3 is 3.17 bits per heavy atom. The number of nitrogens with one attached hydrogen (secondary N) is 1. The lowest BCUT2D eigenvalue weighted by molar-refractivity contribution is 0.243. The molecule has 0 spiro atoms. The van der Waals surface area contributed by atoms with E-state index < -0.39 is 0 Å². The molecule has 1 aliphatic rings. The lowest BCUT2D eigenvalue weighted by Gasteiger charge is -2.27. The molecule has 118 valence electrons. The fourth-order valence-electron chi connectivity index (χ4n) is 3.16. The fourth-order valence-corrected chi connectivity index (χ4v) is 4.14. The standard InChI is InChI=1S/C17H17BrN4S/c1-23-17-20-7-11-9-22(6-5-14(11)21-17)10-12-8-19-15-4-2-3-13(18)16(12)15/h2-4,7-8,19H,5-6,9-10H2,1H3. The molecule has 0 atom stereocenters. The van der Waals surface area contributed by atoms with Gasteiger partial charge in [0.2, 0.25) is 0 Å². The normalized spacial score (nSPS) is 15.0. The number of hydrogen-bond donors (Lipinski definition) is 1. The van der Waals surface area contributed by atoms with E-state index in [2.05, 4.69) is 60.2 Å². The number of halogens is 1. The van der Waals surface area contributed by atoms with Crippen LogP contribution in [0, 0.1) is 0 Å². The van der Waals surface area contributed by atoms with E-state index in [0.717, 1.165) is 35.7 Å². The maximum Gasteiger partial charge on any atom is 0.187 e. The highest BCUT2D eigenvalue weighted by molar-refractivity contribution is 9.10. The zero-order chi connectivity index (χ0) is 15.8. The summed E-state index contributed by atoms with van der Waals surface area (Å²) in [5, 5.41) is 2.16. The predicted octanol–water partition coefficient (Wildman–Crippen LogP) is 4.00. The molecule has 4 rings (SSSR count). The molecule has 2 aromatic heterocycles. The van der Waals surface area contributed by atoms with Crippen molar-refractivity contribution in [3.05, 3.63) is 51.9 Å². The first kappa shape index (κ1) is 15.2. The van der Waals surface area contributed by atoms with Gasteiger partial charge in [-0.25, -0.2) is 9.97 Å². The fraction of sp³-hybridized carbons (Fsp3) is 0.294. The number of nitrogens with zero attached hydrogens (tertiary/aromatic N) is 3. The van der Waals surface area contributed by atoms with Gasteiger partial charge >= 0.3 is 0 Å². The molecule has 0 unspecified atom stereocenters. The Morgan fingerprint density at radius 1 is 1.39 bits per heavy atom. The summed E-state index contributed by atoms with van der Waals surface area (Å²) in [5.41, 5.74) is 4.98. The molecular formula is C17H17BrN4S. The van der Waals surface area contributed by atoms with Crippen LogP contribution in [0.1, 0.15) is 16.8 Å². The van der Waals surface area contributed by atoms with E-state index in [4.69, 9.17) is 0 Å². The molecule has 0 aliphatic carbocycles. The molecule has 1 N–H and O–H groups in total. The highest BCUT2D eigenvalue weighted by Crippen LogP contribution is 2.29. The number of aromatic amines is 1. The van der Waals surface area contributed by atoms with E-state index in [0.29, 0.717) is 0 Å². The lowest BCUT2D eigenvalue weighted by Crippen LogP contribution is -2.30. The number of aromatic nitrogens is 3. The van der Waals surface area contributed by atoms with Crippen LogP contribution in [0.15, 0.2) is 40.2 Å². The Labute approximate surface area is 147 Å². The Hall–Kier alpha value is -1.37. The van der Waals surface area contributed by atoms with Gasteiger partial charge in [0.1, 0.15) is 0 Å². The number of benzene rings is 1. The van der Waals surface area contributed by atoms with E-state index >= 15 is 0 Å². The highest BCUT2D eigenvalue weighted by atomic mass is 79.9. The minimum atomic E-state index is 0.873. The maximum atomic E-state index is 4.64. The Morgan fingerprint density at radius 2 is 2.30 bits per heavy atom. The van der Waals surface area contributed by atoms with Crippen molar-refractivity contribution in [2.24, 2.45) is 0 Å². The molecule has 0 fully saturated rings. The monoisotopic (exact) mass is 388 g/mol. The molecule has 0 radical (unpaired) electrons. The summed E-state index contributed by atoms with van der Waals surface area (Å²) >= 11 is 5.28. The smallest absolute Gasteiger partial charge is 0.187 e. The van der Waals surface area contributed by atoms with E-state index in [9.17, 15) is 0 Å². The number of rotatable bonds is 3. The van der Waals surface area contributed by atoms with Crippen LogP contribution in [0.25, 0.3) is 10.9 Å². The van der Waals surface area contributed by atoms with Gasteiger partial charge in [-0.05, 0) is 24.0 Å². The summed E-state index contributed by atoms with van der Waals surface area (Å²) in [6.07, 6.45) is 7.13. The molecule has 0 bridgehead atoms. The SMILES string of the molecule is CSc1ncc2c(n1)CCN(Cc1c[nH]c3cccc(Br)c13)C2. The van der Waals surface area contributed by atoms with Gasteiger partial charge in [0, 0.05) is 59.4 Å². The molecule has 0 saturated carbocycles. The van der Waals surface area contributed by atoms with Gasteiger partial charge in [-0.15, -0.1) is 0 Å². The van der Waals surface area contributed by atoms with Crippen LogP contribution in [0.2, 0.25) is 0 Å². The van der Waals surface area contributed by atoms with Crippen LogP contribution in [0.3, 0.4) is 0 Å². The summed E-state index contributed by atoms with van der Waals surface area (Å²) in [6.45, 7) is 2.89. The number of H-pyrrole nitrogens is 1. The van der Waals surface area contributed by atoms with Crippen molar-refractivity contribution >= 4 is 38.6 Å². The first-order valence-corrected chi connectivity index (χ1v) is 9.62. The second kappa shape index (κ2) is 6.26. The second-order valence-electron chi connectivity index (χ2n) is 5.77. The van der Waals surface area contributed by atoms with Crippen LogP contribution in [-0.4, -0.2) is 32.7 Å². The van der Waals surface area contributed by atoms with Crippen molar-refractivity contribution in [3.63, 3.8) is 0 Å². The minimum absolute atomic E-state index is 0.873. The lowest BCUT2D eigenvalue weighted by atomic mass is 10.1. The molecule has 3 heterocycles. The van der Waals surface area contributed by atoms with E-state index in [1.165, 1.54) is 27.7 Å². The third-order valence-electron chi connectivity index (χ3n) is 4.30. The zero-order valence-electron chi connectivity index (χ0n) is 12.8. The van der Waals surface area contributed by atoms with Crippen LogP contribution >= 0.6 is 27.7 Å². The van der Waals surface area contributed by atoms with E-state index in [1.54, 1.807) is 11.8 Å². The van der Waals surface area contributed by atoms with Gasteiger partial charge in [0.25, 0.3) is 0 Å². The third-order valence-corrected chi connectivity index (χ3v) is 5.53. The topological polar surface area (TPSA) is 44.8 Å². The van der Waals surface area contributed by atoms with Crippen LogP contribution in [0.5, 0.6) is 0 Å². The summed E-state index contributed by atoms with van der Waals surface area (Å²) < 4.78 is 1.15. The van der Waals surface area contributed by atoms with Gasteiger partial charge in [-0.3, -0.25) is 4.90 Å². The highest BCUT2D eigenvalue weighted by Gasteiger charge is 2.19. The molecule has 6 heteroatoms. The van der Waals surface area contributed by atoms with Crippen molar-refractivity contribution < 1.29 is 0 Å². The van der Waals surface area contributed by atoms with Crippen LogP contribution < -0.4 is 0 Å². The summed E-state index contributed by atoms with van der Waals surface area (Å²) in [4.78, 5) is 14.9. The van der Waals surface area contributed by atoms with Gasteiger partial charge in [-0.1, -0.05) is 33.8 Å². The Balaban J connectivity index is 1.58. The molecule has 0 saturated heterocycles. The van der Waals surface area contributed by atoms with E-state index in [-0.39, 0.29) is 0 Å². The molecule has 23 heavy (non-hydrogen) atoms. The molecule has 1 aromatic carbocycles. The van der Waals surface area contributed by atoms with Crippen LogP contribution in [0.4, 0.5) is 0 Å². The molecule has 0 amide bonds. The van der Waals surface area contributed by atoms with Crippen molar-refractivity contribution in [1.29, 1.82) is 0 Å². The van der Waals surface area contributed by atoms with E-state index in [1.807, 2.05) is 12.5 Å². The van der Waals surface area contributed by atoms with Gasteiger partial charge in [0.05, 0.1) is 5.69 Å². The minimum Gasteiger partial charge on any atom is -0.361 e. The largest absolute Gasteiger partial charge is 0.361 e. The van der Waals surface area contributed by atoms with Gasteiger partial charge in [-0.2, -0.15) is 0 Å². The summed E-state index contributed by atoms with van der Waals surface area (Å²) in [5.74, 6) is 0. The quantitative estimate of drug-likeness (QED) is 0.543. The number of fused-ring (bicyclic) bond motifs is 2. The average Bonchev–Trinajstić information content (AvgIpc) is 2.98. The molecule has 3 aromatic rings. The molecular weight excluding hydrogens is 372 g/mol. The maximum absolute atomic E-state index is 4.64. The van der Waals surface area contributed by atoms with Crippen molar-refractivity contribution in [1.82, 2.24) is 19.9 Å². The summed E-state index contributed by atoms with van der Waals surface area (Å²) in [7, 11) is 0. The van der Waals surface area contributed by atoms with Crippen molar-refractivity contribution in [3.8, 4) is 0 Å². The van der Waals surface area contributed by atoms with Crippen molar-refractivity contribution in [2.45, 2.75) is 24.7 Å². The number of hydrogen-bond acceptors (Lipinski definition) is 4. The first-order valence-electron chi connectivity index (χ1n) is 7.60. The third kappa shape index (κ3) is 2.91. The Kier molecular flexibility index (Phi) is 4.13. The van der Waals surface area contributed by atoms with Gasteiger partial charge in [0.15, 0.2) is 5.16 Å². The van der Waals surface area contributed by atoms with Crippen LogP contribution in [-0.2, 0) is 19.5 Å². The summed E-state index contributed by atoms with van der Waals surface area (Å²) in [6, 6.07) is 6.28. The first-order chi connectivity index (χ1) is 11.2. The molecule has 1 aliphatic heterocycles. The zero-order valence-corrected chi connectivity index (χ0v) is 15.2. The average molecular weight is 389 g/mol. The molecule has 4 nitrogen and oxygen atoms in total. The number of thioether (sulfide) groups is 1.